The zero-order valence-corrected chi connectivity index (χ0v) is 12.8. The summed E-state index contributed by atoms with van der Waals surface area (Å²) in [4.78, 5) is 2.57. The normalized spacial score (nSPS) is 18.5. The molecular formula is C17H27NO. The second-order valence-electron chi connectivity index (χ2n) is 6.77. The number of hydrogen-bond donors (Lipinski definition) is 0. The molecule has 0 amide bonds. The maximum Gasteiger partial charge on any atom is 0.119 e. The predicted octanol–water partition coefficient (Wildman–Crippen LogP) is 3.95. The van der Waals surface area contributed by atoms with Gasteiger partial charge < -0.3 is 4.74 Å². The van der Waals surface area contributed by atoms with E-state index in [1.54, 1.807) is 7.11 Å². The summed E-state index contributed by atoms with van der Waals surface area (Å²) in [5.74, 6) is 1.83. The van der Waals surface area contributed by atoms with Crippen molar-refractivity contribution in [1.82, 2.24) is 4.90 Å². The van der Waals surface area contributed by atoms with Crippen LogP contribution in [0.15, 0.2) is 24.3 Å². The molecule has 1 saturated heterocycles. The first-order chi connectivity index (χ1) is 8.99. The van der Waals surface area contributed by atoms with Crippen LogP contribution in [0.5, 0.6) is 5.75 Å². The summed E-state index contributed by atoms with van der Waals surface area (Å²) in [5.41, 5.74) is 1.82. The number of rotatable bonds is 3. The lowest BCUT2D eigenvalue weighted by molar-refractivity contribution is 0.108. The fourth-order valence-corrected chi connectivity index (χ4v) is 2.99. The summed E-state index contributed by atoms with van der Waals surface area (Å²) in [6.45, 7) is 10.6. The Balaban J connectivity index is 1.88. The van der Waals surface area contributed by atoms with E-state index in [1.165, 1.54) is 31.5 Å². The van der Waals surface area contributed by atoms with Crippen LogP contribution in [-0.2, 0) is 6.54 Å². The fourth-order valence-electron chi connectivity index (χ4n) is 2.99. The van der Waals surface area contributed by atoms with Crippen LogP contribution < -0.4 is 4.74 Å². The van der Waals surface area contributed by atoms with E-state index in [2.05, 4.69) is 43.9 Å². The maximum atomic E-state index is 5.29. The van der Waals surface area contributed by atoms with Crippen LogP contribution in [0.3, 0.4) is 0 Å². The number of methoxy groups -OCH3 is 1. The predicted molar refractivity (Wildman–Crippen MR) is 80.5 cm³/mol. The SMILES string of the molecule is COc1cccc(CN2CCC(C(C)(C)C)CC2)c1. The van der Waals surface area contributed by atoms with Crippen molar-refractivity contribution in [2.45, 2.75) is 40.2 Å². The van der Waals surface area contributed by atoms with Crippen molar-refractivity contribution in [2.75, 3.05) is 20.2 Å². The van der Waals surface area contributed by atoms with Crippen molar-refractivity contribution in [3.8, 4) is 5.75 Å². The van der Waals surface area contributed by atoms with Gasteiger partial charge in [-0.3, -0.25) is 4.90 Å². The molecule has 1 aliphatic heterocycles. The summed E-state index contributed by atoms with van der Waals surface area (Å²) in [6.07, 6.45) is 2.65. The van der Waals surface area contributed by atoms with Crippen LogP contribution >= 0.6 is 0 Å². The molecule has 0 unspecified atom stereocenters. The third-order valence-electron chi connectivity index (χ3n) is 4.35. The second-order valence-corrected chi connectivity index (χ2v) is 6.77. The van der Waals surface area contributed by atoms with Gasteiger partial charge in [0.1, 0.15) is 5.75 Å². The molecule has 0 spiro atoms. The summed E-state index contributed by atoms with van der Waals surface area (Å²) in [7, 11) is 1.73. The molecule has 1 fully saturated rings. The number of piperidine rings is 1. The van der Waals surface area contributed by atoms with Crippen LogP contribution in [0.25, 0.3) is 0 Å². The summed E-state index contributed by atoms with van der Waals surface area (Å²) >= 11 is 0. The first-order valence-electron chi connectivity index (χ1n) is 7.34. The van der Waals surface area contributed by atoms with E-state index in [9.17, 15) is 0 Å². The molecule has 0 aliphatic carbocycles. The molecule has 1 aromatic rings. The Morgan fingerprint density at radius 2 is 1.89 bits per heavy atom. The van der Waals surface area contributed by atoms with E-state index in [4.69, 9.17) is 4.74 Å². The quantitative estimate of drug-likeness (QED) is 0.817. The molecule has 0 aromatic heterocycles. The summed E-state index contributed by atoms with van der Waals surface area (Å²) in [5, 5.41) is 0. The van der Waals surface area contributed by atoms with Crippen molar-refractivity contribution in [2.24, 2.45) is 11.3 Å². The Bertz CT molecular complexity index is 400. The highest BCUT2D eigenvalue weighted by molar-refractivity contribution is 5.28. The van der Waals surface area contributed by atoms with Gasteiger partial charge in [-0.2, -0.15) is 0 Å². The van der Waals surface area contributed by atoms with Gasteiger partial charge in [-0.05, 0) is 55.0 Å². The van der Waals surface area contributed by atoms with Crippen LogP contribution in [0.2, 0.25) is 0 Å². The molecule has 0 radical (unpaired) electrons. The average molecular weight is 261 g/mol. The molecule has 106 valence electrons. The molecule has 2 nitrogen and oxygen atoms in total. The third-order valence-corrected chi connectivity index (χ3v) is 4.35. The maximum absolute atomic E-state index is 5.29. The molecule has 1 aromatic carbocycles. The largest absolute Gasteiger partial charge is 0.497 e. The lowest BCUT2D eigenvalue weighted by atomic mass is 9.75. The van der Waals surface area contributed by atoms with Gasteiger partial charge in [0.25, 0.3) is 0 Å². The number of hydrogen-bond acceptors (Lipinski definition) is 2. The molecule has 1 aliphatic rings. The molecule has 0 atom stereocenters. The summed E-state index contributed by atoms with van der Waals surface area (Å²) < 4.78 is 5.29. The fraction of sp³-hybridized carbons (Fsp3) is 0.647. The van der Waals surface area contributed by atoms with Gasteiger partial charge in [0.05, 0.1) is 7.11 Å². The molecule has 19 heavy (non-hydrogen) atoms. The monoisotopic (exact) mass is 261 g/mol. The Labute approximate surface area is 117 Å². The number of ether oxygens (including phenoxy) is 1. The lowest BCUT2D eigenvalue weighted by Gasteiger charge is -2.38. The number of nitrogens with zero attached hydrogens (tertiary/aromatic N) is 1. The van der Waals surface area contributed by atoms with Crippen LogP contribution in [0, 0.1) is 11.3 Å². The number of benzene rings is 1. The van der Waals surface area contributed by atoms with E-state index in [0.29, 0.717) is 5.41 Å². The average Bonchev–Trinajstić information content (AvgIpc) is 2.38. The zero-order valence-electron chi connectivity index (χ0n) is 12.8. The third kappa shape index (κ3) is 3.97. The van der Waals surface area contributed by atoms with Gasteiger partial charge >= 0.3 is 0 Å². The molecule has 0 bridgehead atoms. The van der Waals surface area contributed by atoms with E-state index in [-0.39, 0.29) is 0 Å². The van der Waals surface area contributed by atoms with Crippen LogP contribution in [0.4, 0.5) is 0 Å². The van der Waals surface area contributed by atoms with E-state index < -0.39 is 0 Å². The van der Waals surface area contributed by atoms with Crippen LogP contribution in [0.1, 0.15) is 39.2 Å². The van der Waals surface area contributed by atoms with E-state index in [0.717, 1.165) is 18.2 Å². The lowest BCUT2D eigenvalue weighted by Crippen LogP contribution is -2.37. The smallest absolute Gasteiger partial charge is 0.119 e. The standard InChI is InChI=1S/C17H27NO/c1-17(2,3)15-8-10-18(11-9-15)13-14-6-5-7-16(12-14)19-4/h5-7,12,15H,8-11,13H2,1-4H3. The minimum Gasteiger partial charge on any atom is -0.497 e. The molecular weight excluding hydrogens is 234 g/mol. The zero-order chi connectivity index (χ0) is 13.9. The van der Waals surface area contributed by atoms with Crippen molar-refractivity contribution in [1.29, 1.82) is 0 Å². The van der Waals surface area contributed by atoms with Crippen molar-refractivity contribution < 1.29 is 4.74 Å². The van der Waals surface area contributed by atoms with E-state index in [1.807, 2.05) is 6.07 Å². The van der Waals surface area contributed by atoms with Crippen molar-refractivity contribution >= 4 is 0 Å². The van der Waals surface area contributed by atoms with Gasteiger partial charge in [-0.1, -0.05) is 32.9 Å². The number of likely N-dealkylation sites (tertiary alicyclic amines) is 1. The Hall–Kier alpha value is -1.02. The summed E-state index contributed by atoms with van der Waals surface area (Å²) in [6, 6.07) is 8.43. The highest BCUT2D eigenvalue weighted by Gasteiger charge is 2.28. The Kier molecular flexibility index (Phi) is 4.51. The minimum absolute atomic E-state index is 0.460. The molecule has 2 rings (SSSR count). The van der Waals surface area contributed by atoms with Crippen LogP contribution in [-0.4, -0.2) is 25.1 Å². The van der Waals surface area contributed by atoms with Crippen molar-refractivity contribution in [3.63, 3.8) is 0 Å². The molecule has 0 saturated carbocycles. The molecule has 0 N–H and O–H groups in total. The highest BCUT2D eigenvalue weighted by atomic mass is 16.5. The topological polar surface area (TPSA) is 12.5 Å². The first kappa shape index (κ1) is 14.4. The highest BCUT2D eigenvalue weighted by Crippen LogP contribution is 2.34. The van der Waals surface area contributed by atoms with Crippen molar-refractivity contribution in [3.05, 3.63) is 29.8 Å². The minimum atomic E-state index is 0.460. The Morgan fingerprint density at radius 1 is 1.21 bits per heavy atom. The van der Waals surface area contributed by atoms with Gasteiger partial charge in [0.2, 0.25) is 0 Å². The van der Waals surface area contributed by atoms with E-state index >= 15 is 0 Å². The second kappa shape index (κ2) is 5.96. The Morgan fingerprint density at radius 3 is 2.47 bits per heavy atom. The van der Waals surface area contributed by atoms with Gasteiger partial charge in [0, 0.05) is 6.54 Å². The molecule has 1 heterocycles. The van der Waals surface area contributed by atoms with Gasteiger partial charge in [-0.15, -0.1) is 0 Å². The first-order valence-corrected chi connectivity index (χ1v) is 7.34. The van der Waals surface area contributed by atoms with Gasteiger partial charge in [-0.25, -0.2) is 0 Å². The molecule has 2 heteroatoms. The van der Waals surface area contributed by atoms with Gasteiger partial charge in [0.15, 0.2) is 0 Å².